The van der Waals surface area contributed by atoms with Crippen LogP contribution in [0, 0.1) is 34.5 Å². The number of allylic oxidation sites excluding steroid dienone is 4. The molecule has 3 fully saturated rings. The van der Waals surface area contributed by atoms with Crippen LogP contribution in [0.1, 0.15) is 85.0 Å². The third kappa shape index (κ3) is 7.80. The lowest BCUT2D eigenvalue weighted by Gasteiger charge is -2.58. The quantitative estimate of drug-likeness (QED) is 0.120. The first kappa shape index (κ1) is 35.5. The molecule has 3 amide bonds. The number of unbranched alkanes of at least 4 members (excludes halogenated alkanes) is 2. The highest BCUT2D eigenvalue weighted by Crippen LogP contribution is 2.66. The van der Waals surface area contributed by atoms with Gasteiger partial charge in [0.25, 0.3) is 0 Å². The van der Waals surface area contributed by atoms with Gasteiger partial charge in [0.15, 0.2) is 5.78 Å². The Morgan fingerprint density at radius 3 is 2.67 bits per heavy atom. The summed E-state index contributed by atoms with van der Waals surface area (Å²) < 4.78 is 0. The van der Waals surface area contributed by atoms with Gasteiger partial charge in [-0.3, -0.25) is 24.1 Å². The summed E-state index contributed by atoms with van der Waals surface area (Å²) in [5.74, 6) is 0.545. The zero-order valence-electron chi connectivity index (χ0n) is 27.0. The minimum atomic E-state index is -0.545. The Labute approximate surface area is 271 Å². The van der Waals surface area contributed by atoms with Crippen molar-refractivity contribution in [2.75, 3.05) is 25.5 Å². The number of nitrogens with zero attached hydrogens (tertiary/aromatic N) is 2. The lowest BCUT2D eigenvalue weighted by atomic mass is 9.46. The third-order valence-corrected chi connectivity index (χ3v) is 12.2. The van der Waals surface area contributed by atoms with Crippen LogP contribution < -0.4 is 5.43 Å². The maximum Gasteiger partial charge on any atom is 0.240 e. The van der Waals surface area contributed by atoms with Crippen molar-refractivity contribution < 1.29 is 34.5 Å². The number of hydrogen-bond donors (Lipinski definition) is 4. The molecular weight excluding hydrogens is 594 g/mol. The number of carbonyl (C=O) groups excluding carboxylic acids is 4. The summed E-state index contributed by atoms with van der Waals surface area (Å²) in [4.78, 5) is 50.0. The number of ketones is 1. The number of amides is 3. The Bertz CT molecular complexity index is 1200. The van der Waals surface area contributed by atoms with Gasteiger partial charge in [-0.1, -0.05) is 38.8 Å². The lowest BCUT2D eigenvalue weighted by molar-refractivity contribution is -0.141. The fourth-order valence-corrected chi connectivity index (χ4v) is 9.65. The molecule has 0 aromatic carbocycles. The van der Waals surface area contributed by atoms with E-state index in [1.165, 1.54) is 22.2 Å². The first-order valence-corrected chi connectivity index (χ1v) is 17.6. The molecule has 4 N–H and O–H groups in total. The van der Waals surface area contributed by atoms with Crippen LogP contribution in [-0.4, -0.2) is 86.8 Å². The highest BCUT2D eigenvalue weighted by atomic mass is 32.2. The van der Waals surface area contributed by atoms with Gasteiger partial charge in [0.05, 0.1) is 18.4 Å². The highest BCUT2D eigenvalue weighted by molar-refractivity contribution is 7.99. The summed E-state index contributed by atoms with van der Waals surface area (Å²) in [6.07, 6.45) is 12.7. The van der Waals surface area contributed by atoms with Gasteiger partial charge in [-0.25, -0.2) is 5.43 Å². The van der Waals surface area contributed by atoms with E-state index in [0.717, 1.165) is 25.7 Å². The summed E-state index contributed by atoms with van der Waals surface area (Å²) in [5, 5.41) is 34.4. The van der Waals surface area contributed by atoms with Crippen molar-refractivity contribution in [3.8, 4) is 0 Å². The first-order valence-electron chi connectivity index (χ1n) is 16.5. The zero-order valence-corrected chi connectivity index (χ0v) is 27.8. The van der Waals surface area contributed by atoms with Crippen LogP contribution in [0.3, 0.4) is 0 Å². The van der Waals surface area contributed by atoms with E-state index in [9.17, 15) is 29.4 Å². The SMILES string of the molecule is CC(CC(=O)N(C=O)CCCCCC(=O)NN=C1C=CC2(C)C(=C1)CC[C@@H]1C2C(O)CC2(C)C(C(=O)CO)CCC12)SCCO. The normalized spacial score (nSPS) is 33.4. The molecule has 0 spiro atoms. The van der Waals surface area contributed by atoms with Crippen LogP contribution >= 0.6 is 11.8 Å². The number of hydrazone groups is 1. The molecule has 10 nitrogen and oxygen atoms in total. The second-order valence-electron chi connectivity index (χ2n) is 13.8. The standard InChI is InChI=1S/C34H51N3O7S/c1-22(45-16-15-38)17-31(44)37(21-40)14-6-4-5-7-30(43)36-35-24-12-13-33(2)23(18-24)8-9-25-26-10-11-27(29(42)20-39)34(26,3)19-28(41)32(25)33/h12-13,18,21-22,25-28,32,38-39,41H,4-11,14-17,19-20H2,1-3H3,(H,36,43)/t22?,25-,26?,27?,28?,32?,33?,34?/m0/s1. The fourth-order valence-electron chi connectivity index (χ4n) is 8.88. The van der Waals surface area contributed by atoms with Crippen molar-refractivity contribution in [2.24, 2.45) is 39.6 Å². The van der Waals surface area contributed by atoms with Gasteiger partial charge in [-0.15, -0.1) is 0 Å². The minimum absolute atomic E-state index is 0.0250. The predicted octanol–water partition coefficient (Wildman–Crippen LogP) is 3.40. The van der Waals surface area contributed by atoms with Crippen molar-refractivity contribution in [3.05, 3.63) is 23.8 Å². The molecule has 0 radical (unpaired) electrons. The van der Waals surface area contributed by atoms with Crippen molar-refractivity contribution in [3.63, 3.8) is 0 Å². The van der Waals surface area contributed by atoms with Gasteiger partial charge in [0.2, 0.25) is 18.2 Å². The smallest absolute Gasteiger partial charge is 0.240 e. The molecule has 0 aromatic rings. The van der Waals surface area contributed by atoms with Gasteiger partial charge in [-0.2, -0.15) is 16.9 Å². The highest BCUT2D eigenvalue weighted by Gasteiger charge is 2.62. The molecule has 45 heavy (non-hydrogen) atoms. The van der Waals surface area contributed by atoms with Gasteiger partial charge < -0.3 is 15.3 Å². The molecule has 8 atom stereocenters. The molecule has 3 saturated carbocycles. The van der Waals surface area contributed by atoms with E-state index in [1.807, 2.05) is 19.1 Å². The van der Waals surface area contributed by atoms with Gasteiger partial charge >= 0.3 is 0 Å². The van der Waals surface area contributed by atoms with Gasteiger partial charge in [0.1, 0.15) is 6.61 Å². The number of thioether (sulfide) groups is 1. The van der Waals surface area contributed by atoms with E-state index in [-0.39, 0.29) is 65.0 Å². The van der Waals surface area contributed by atoms with Crippen molar-refractivity contribution in [1.82, 2.24) is 10.3 Å². The Morgan fingerprint density at radius 2 is 1.96 bits per heavy atom. The number of Topliss-reactive ketones (excluding diaryl/α,β-unsaturated/α-hetero) is 1. The number of hydrogen-bond acceptors (Lipinski definition) is 9. The van der Waals surface area contributed by atoms with E-state index in [2.05, 4.69) is 30.5 Å². The molecule has 4 aliphatic rings. The van der Waals surface area contributed by atoms with Crippen molar-refractivity contribution >= 4 is 41.5 Å². The van der Waals surface area contributed by atoms with E-state index in [0.29, 0.717) is 61.9 Å². The average molecular weight is 646 g/mol. The number of rotatable bonds is 15. The van der Waals surface area contributed by atoms with E-state index < -0.39 is 12.7 Å². The number of fused-ring (bicyclic) bond motifs is 5. The van der Waals surface area contributed by atoms with Crippen LogP contribution in [0.5, 0.6) is 0 Å². The number of aliphatic hydroxyl groups is 3. The Hall–Kier alpha value is -2.34. The number of carbonyl (C=O) groups is 4. The first-order chi connectivity index (χ1) is 21.5. The topological polar surface area (TPSA) is 157 Å². The number of aliphatic hydroxyl groups excluding tert-OH is 3. The Balaban J connectivity index is 1.25. The van der Waals surface area contributed by atoms with Gasteiger partial charge in [0, 0.05) is 47.6 Å². The number of nitrogens with one attached hydrogen (secondary N) is 1. The minimum Gasteiger partial charge on any atom is -0.396 e. The molecule has 4 aliphatic carbocycles. The summed E-state index contributed by atoms with van der Waals surface area (Å²) in [5.41, 5.74) is 3.94. The van der Waals surface area contributed by atoms with E-state index in [1.54, 1.807) is 0 Å². The summed E-state index contributed by atoms with van der Waals surface area (Å²) in [6, 6.07) is 0. The lowest BCUT2D eigenvalue weighted by Crippen LogP contribution is -2.56. The third-order valence-electron chi connectivity index (χ3n) is 11.1. The monoisotopic (exact) mass is 645 g/mol. The number of imide groups is 1. The predicted molar refractivity (Wildman–Crippen MR) is 174 cm³/mol. The van der Waals surface area contributed by atoms with Gasteiger partial charge in [-0.05, 0) is 74.3 Å². The largest absolute Gasteiger partial charge is 0.396 e. The van der Waals surface area contributed by atoms with E-state index >= 15 is 0 Å². The Kier molecular flexibility index (Phi) is 12.2. The van der Waals surface area contributed by atoms with Crippen molar-refractivity contribution in [1.29, 1.82) is 0 Å². The molecule has 0 aliphatic heterocycles. The summed E-state index contributed by atoms with van der Waals surface area (Å²) >= 11 is 1.49. The molecule has 0 saturated heterocycles. The molecule has 4 rings (SSSR count). The maximum atomic E-state index is 12.6. The molecule has 11 heteroatoms. The molecule has 250 valence electrons. The molecule has 7 unspecified atom stereocenters. The molecule has 0 heterocycles. The molecular formula is C34H51N3O7S. The maximum absolute atomic E-state index is 12.6. The average Bonchev–Trinajstić information content (AvgIpc) is 3.36. The Morgan fingerprint density at radius 1 is 1.18 bits per heavy atom. The molecule has 0 aromatic heterocycles. The zero-order chi connectivity index (χ0) is 32.8. The second kappa shape index (κ2) is 15.5. The van der Waals surface area contributed by atoms with Crippen LogP contribution in [0.25, 0.3) is 0 Å². The summed E-state index contributed by atoms with van der Waals surface area (Å²) in [6.45, 7) is 6.17. The van der Waals surface area contributed by atoms with Crippen LogP contribution in [0.2, 0.25) is 0 Å². The van der Waals surface area contributed by atoms with Crippen LogP contribution in [0.15, 0.2) is 28.9 Å². The van der Waals surface area contributed by atoms with Crippen LogP contribution in [-0.2, 0) is 19.2 Å². The van der Waals surface area contributed by atoms with Crippen molar-refractivity contribution in [2.45, 2.75) is 96.3 Å². The van der Waals surface area contributed by atoms with Crippen LogP contribution in [0.4, 0.5) is 0 Å². The van der Waals surface area contributed by atoms with E-state index in [4.69, 9.17) is 5.11 Å². The summed E-state index contributed by atoms with van der Waals surface area (Å²) in [7, 11) is 0. The molecule has 0 bridgehead atoms. The second-order valence-corrected chi connectivity index (χ2v) is 15.4. The fraction of sp³-hybridized carbons (Fsp3) is 0.735.